The van der Waals surface area contributed by atoms with Crippen LogP contribution in [-0.4, -0.2) is 53.7 Å². The first-order valence-corrected chi connectivity index (χ1v) is 9.65. The highest BCUT2D eigenvalue weighted by Crippen LogP contribution is 2.24. The Morgan fingerprint density at radius 2 is 1.93 bits per heavy atom. The lowest BCUT2D eigenvalue weighted by molar-refractivity contribution is -0.135. The van der Waals surface area contributed by atoms with Crippen molar-refractivity contribution in [1.82, 2.24) is 14.5 Å². The lowest BCUT2D eigenvalue weighted by atomic mass is 10.1. The standard InChI is InChI=1S/C20H25N3O6/c1-22-17-13-14(3-2-9-28-11-12-29-10-8-24)4-5-15(17)23(20(22)27)16-6-7-18(25)21-19(16)26/h4-5,8,13,16H,2-3,6-7,9-12H2,1H3,(H,21,25,26). The molecule has 1 aliphatic rings. The first-order valence-electron chi connectivity index (χ1n) is 9.65. The molecule has 1 aliphatic heterocycles. The van der Waals surface area contributed by atoms with Gasteiger partial charge in [0, 0.05) is 20.1 Å². The molecule has 2 aromatic rings. The molecule has 1 N–H and O–H groups in total. The lowest BCUT2D eigenvalue weighted by Crippen LogP contribution is -2.44. The Kier molecular flexibility index (Phi) is 6.95. The second kappa shape index (κ2) is 9.62. The van der Waals surface area contributed by atoms with Gasteiger partial charge in [-0.3, -0.25) is 24.0 Å². The van der Waals surface area contributed by atoms with Crippen molar-refractivity contribution in [2.45, 2.75) is 31.7 Å². The number of nitrogens with one attached hydrogen (secondary N) is 1. The predicted molar refractivity (Wildman–Crippen MR) is 105 cm³/mol. The number of hydrogen-bond donors (Lipinski definition) is 1. The van der Waals surface area contributed by atoms with Crippen LogP contribution in [0.5, 0.6) is 0 Å². The Hall–Kier alpha value is -2.78. The van der Waals surface area contributed by atoms with Gasteiger partial charge in [-0.2, -0.15) is 0 Å². The van der Waals surface area contributed by atoms with Crippen molar-refractivity contribution in [3.8, 4) is 0 Å². The molecule has 2 heterocycles. The van der Waals surface area contributed by atoms with Gasteiger partial charge in [-0.15, -0.1) is 0 Å². The summed E-state index contributed by atoms with van der Waals surface area (Å²) in [6.45, 7) is 1.48. The number of amides is 2. The second-order valence-electron chi connectivity index (χ2n) is 6.96. The van der Waals surface area contributed by atoms with Crippen molar-refractivity contribution in [2.75, 3.05) is 26.4 Å². The second-order valence-corrected chi connectivity index (χ2v) is 6.96. The Balaban J connectivity index is 1.66. The van der Waals surface area contributed by atoms with Crippen molar-refractivity contribution >= 4 is 29.1 Å². The van der Waals surface area contributed by atoms with E-state index in [9.17, 15) is 19.2 Å². The molecule has 3 rings (SSSR count). The Labute approximate surface area is 167 Å². The zero-order valence-electron chi connectivity index (χ0n) is 16.4. The summed E-state index contributed by atoms with van der Waals surface area (Å²) in [4.78, 5) is 46.5. The SMILES string of the molecule is Cn1c(=O)n(C2CCC(=O)NC2=O)c2ccc(CCCOCCOCC=O)cc21. The highest BCUT2D eigenvalue weighted by molar-refractivity contribution is 6.00. The summed E-state index contributed by atoms with van der Waals surface area (Å²) >= 11 is 0. The van der Waals surface area contributed by atoms with Crippen molar-refractivity contribution in [3.63, 3.8) is 0 Å². The molecule has 1 unspecified atom stereocenters. The van der Waals surface area contributed by atoms with Crippen LogP contribution in [0.25, 0.3) is 11.0 Å². The Morgan fingerprint density at radius 3 is 2.69 bits per heavy atom. The summed E-state index contributed by atoms with van der Waals surface area (Å²) in [6, 6.07) is 5.07. The number of aromatic nitrogens is 2. The molecule has 1 saturated heterocycles. The molecule has 1 fully saturated rings. The van der Waals surface area contributed by atoms with E-state index in [0.29, 0.717) is 38.0 Å². The third-order valence-electron chi connectivity index (χ3n) is 4.99. The van der Waals surface area contributed by atoms with E-state index in [2.05, 4.69) is 5.32 Å². The smallest absolute Gasteiger partial charge is 0.329 e. The number of carbonyl (C=O) groups is 3. The summed E-state index contributed by atoms with van der Waals surface area (Å²) in [6.07, 6.45) is 2.83. The van der Waals surface area contributed by atoms with Crippen molar-refractivity contribution in [3.05, 3.63) is 34.2 Å². The molecule has 0 spiro atoms. The molecule has 1 atom stereocenters. The fourth-order valence-corrected chi connectivity index (χ4v) is 3.52. The molecule has 0 saturated carbocycles. The molecule has 156 valence electrons. The van der Waals surface area contributed by atoms with Crippen LogP contribution in [0, 0.1) is 0 Å². The summed E-state index contributed by atoms with van der Waals surface area (Å²) < 4.78 is 13.5. The number of imidazole rings is 1. The predicted octanol–water partition coefficient (Wildman–Crippen LogP) is 0.482. The number of nitrogens with zero attached hydrogens (tertiary/aromatic N) is 2. The van der Waals surface area contributed by atoms with Gasteiger partial charge in [-0.1, -0.05) is 6.07 Å². The van der Waals surface area contributed by atoms with Crippen molar-refractivity contribution < 1.29 is 23.9 Å². The minimum Gasteiger partial charge on any atom is -0.379 e. The van der Waals surface area contributed by atoms with Gasteiger partial charge in [-0.05, 0) is 37.0 Å². The number of rotatable bonds is 10. The molecule has 2 amide bonds. The van der Waals surface area contributed by atoms with Gasteiger partial charge >= 0.3 is 5.69 Å². The van der Waals surface area contributed by atoms with E-state index >= 15 is 0 Å². The van der Waals surface area contributed by atoms with Gasteiger partial charge in [0.15, 0.2) is 0 Å². The molecule has 0 aliphatic carbocycles. The first kappa shape index (κ1) is 20.9. The van der Waals surface area contributed by atoms with E-state index in [1.54, 1.807) is 7.05 Å². The monoisotopic (exact) mass is 403 g/mol. The number of aryl methyl sites for hydroxylation is 2. The van der Waals surface area contributed by atoms with E-state index in [0.717, 1.165) is 23.9 Å². The quantitative estimate of drug-likeness (QED) is 0.351. The highest BCUT2D eigenvalue weighted by Gasteiger charge is 2.31. The third kappa shape index (κ3) is 4.80. The van der Waals surface area contributed by atoms with Gasteiger partial charge in [0.25, 0.3) is 0 Å². The van der Waals surface area contributed by atoms with Gasteiger partial charge in [0.1, 0.15) is 18.9 Å². The molecule has 29 heavy (non-hydrogen) atoms. The Morgan fingerprint density at radius 1 is 1.14 bits per heavy atom. The number of piperidine rings is 1. The van der Waals surface area contributed by atoms with Crippen LogP contribution >= 0.6 is 0 Å². The maximum absolute atomic E-state index is 12.7. The number of hydrogen-bond acceptors (Lipinski definition) is 6. The molecule has 9 heteroatoms. The highest BCUT2D eigenvalue weighted by atomic mass is 16.5. The average molecular weight is 403 g/mol. The number of fused-ring (bicyclic) bond motifs is 1. The average Bonchev–Trinajstić information content (AvgIpc) is 2.95. The molecule has 1 aromatic carbocycles. The van der Waals surface area contributed by atoms with Crippen molar-refractivity contribution in [1.29, 1.82) is 0 Å². The number of aldehydes is 1. The third-order valence-corrected chi connectivity index (χ3v) is 4.99. The summed E-state index contributed by atoms with van der Waals surface area (Å²) in [5.74, 6) is -0.742. The van der Waals surface area contributed by atoms with E-state index in [1.807, 2.05) is 18.2 Å². The van der Waals surface area contributed by atoms with Crippen molar-refractivity contribution in [2.24, 2.45) is 7.05 Å². The van der Waals surface area contributed by atoms with Crippen LogP contribution in [-0.2, 0) is 37.3 Å². The summed E-state index contributed by atoms with van der Waals surface area (Å²) in [5.41, 5.74) is 2.22. The normalized spacial score (nSPS) is 16.9. The minimum absolute atomic E-state index is 0.0839. The van der Waals surface area contributed by atoms with E-state index in [4.69, 9.17) is 9.47 Å². The maximum Gasteiger partial charge on any atom is 0.329 e. The molecule has 9 nitrogen and oxygen atoms in total. The molecule has 0 radical (unpaired) electrons. The zero-order valence-corrected chi connectivity index (χ0v) is 16.4. The number of benzene rings is 1. The van der Waals surface area contributed by atoms with Gasteiger partial charge in [0.05, 0.1) is 24.2 Å². The number of ether oxygens (including phenoxy) is 2. The van der Waals surface area contributed by atoms with E-state index < -0.39 is 11.9 Å². The topological polar surface area (TPSA) is 109 Å². The van der Waals surface area contributed by atoms with Crippen LogP contribution in [0.3, 0.4) is 0 Å². The van der Waals surface area contributed by atoms with Crippen LogP contribution in [0.15, 0.2) is 23.0 Å². The molecular formula is C20H25N3O6. The number of carbonyl (C=O) groups excluding carboxylic acids is 3. The Bertz CT molecular complexity index is 961. The fraction of sp³-hybridized carbons (Fsp3) is 0.500. The van der Waals surface area contributed by atoms with Gasteiger partial charge < -0.3 is 14.3 Å². The van der Waals surface area contributed by atoms with Crippen LogP contribution < -0.4 is 11.0 Å². The zero-order chi connectivity index (χ0) is 20.8. The molecule has 0 bridgehead atoms. The van der Waals surface area contributed by atoms with E-state index in [-0.39, 0.29) is 24.6 Å². The van der Waals surface area contributed by atoms with Crippen LogP contribution in [0.4, 0.5) is 0 Å². The van der Waals surface area contributed by atoms with E-state index in [1.165, 1.54) is 9.13 Å². The molecule has 1 aromatic heterocycles. The summed E-state index contributed by atoms with van der Waals surface area (Å²) in [7, 11) is 1.68. The minimum atomic E-state index is -0.676. The maximum atomic E-state index is 12.7. The molecular weight excluding hydrogens is 378 g/mol. The lowest BCUT2D eigenvalue weighted by Gasteiger charge is -2.21. The van der Waals surface area contributed by atoms with Gasteiger partial charge in [0.2, 0.25) is 11.8 Å². The van der Waals surface area contributed by atoms with Crippen LogP contribution in [0.1, 0.15) is 30.9 Å². The first-order chi connectivity index (χ1) is 14.0. The van der Waals surface area contributed by atoms with Crippen LogP contribution in [0.2, 0.25) is 0 Å². The van der Waals surface area contributed by atoms with Gasteiger partial charge in [-0.25, -0.2) is 4.79 Å². The summed E-state index contributed by atoms with van der Waals surface area (Å²) in [5, 5.41) is 2.31. The largest absolute Gasteiger partial charge is 0.379 e. The number of imide groups is 1. The fourth-order valence-electron chi connectivity index (χ4n) is 3.52.